The van der Waals surface area contributed by atoms with Crippen molar-refractivity contribution in [3.8, 4) is 0 Å². The summed E-state index contributed by atoms with van der Waals surface area (Å²) in [6, 6.07) is 0. The van der Waals surface area contributed by atoms with E-state index in [-0.39, 0.29) is 17.4 Å². The predicted molar refractivity (Wildman–Crippen MR) is 80.8 cm³/mol. The van der Waals surface area contributed by atoms with E-state index in [9.17, 15) is 9.59 Å². The van der Waals surface area contributed by atoms with E-state index in [1.807, 2.05) is 4.90 Å². The summed E-state index contributed by atoms with van der Waals surface area (Å²) in [7, 11) is 0. The molecule has 1 aliphatic heterocycles. The van der Waals surface area contributed by atoms with Crippen LogP contribution in [0.2, 0.25) is 0 Å². The van der Waals surface area contributed by atoms with Crippen LogP contribution in [0.1, 0.15) is 52.4 Å². The summed E-state index contributed by atoms with van der Waals surface area (Å²) in [6.07, 6.45) is 6.48. The first-order valence-corrected chi connectivity index (χ1v) is 8.23. The van der Waals surface area contributed by atoms with Crippen LogP contribution in [0.25, 0.3) is 0 Å². The maximum absolute atomic E-state index is 13.0. The first-order chi connectivity index (χ1) is 10.1. The van der Waals surface area contributed by atoms with E-state index in [0.29, 0.717) is 32.1 Å². The molecule has 1 N–H and O–H groups in total. The van der Waals surface area contributed by atoms with Gasteiger partial charge in [-0.05, 0) is 19.3 Å². The van der Waals surface area contributed by atoms with Gasteiger partial charge in [0.2, 0.25) is 11.8 Å². The third-order valence-corrected chi connectivity index (χ3v) is 4.95. The van der Waals surface area contributed by atoms with Crippen molar-refractivity contribution in [1.82, 2.24) is 10.2 Å². The molecular weight excluding hydrogens is 268 g/mol. The molecule has 120 valence electrons. The number of nitrogens with one attached hydrogen (secondary N) is 1. The molecular formula is C16H28N2O3. The lowest BCUT2D eigenvalue weighted by atomic mass is 9.71. The molecule has 2 fully saturated rings. The van der Waals surface area contributed by atoms with Gasteiger partial charge in [0.1, 0.15) is 0 Å². The van der Waals surface area contributed by atoms with E-state index in [2.05, 4.69) is 12.2 Å². The molecule has 0 aromatic carbocycles. The fourth-order valence-electron chi connectivity index (χ4n) is 3.57. The van der Waals surface area contributed by atoms with Crippen molar-refractivity contribution in [3.63, 3.8) is 0 Å². The average Bonchev–Trinajstić information content (AvgIpc) is 2.53. The Kier molecular flexibility index (Phi) is 5.62. The molecule has 5 heteroatoms. The molecule has 0 radical (unpaired) electrons. The topological polar surface area (TPSA) is 58.6 Å². The summed E-state index contributed by atoms with van der Waals surface area (Å²) in [4.78, 5) is 25.9. The van der Waals surface area contributed by atoms with Crippen LogP contribution >= 0.6 is 0 Å². The van der Waals surface area contributed by atoms with E-state index < -0.39 is 0 Å². The Hall–Kier alpha value is -1.10. The maximum atomic E-state index is 13.0. The Bertz CT molecular complexity index is 378. The molecule has 0 aromatic heterocycles. The second kappa shape index (κ2) is 7.25. The molecule has 1 saturated heterocycles. The van der Waals surface area contributed by atoms with Gasteiger partial charge in [-0.2, -0.15) is 0 Å². The first-order valence-electron chi connectivity index (χ1n) is 8.23. The Balaban J connectivity index is 1.95. The Labute approximate surface area is 127 Å². The standard InChI is InChI=1S/C16H28N2O3/c1-3-16(7-5-4-6-8-16)15(20)18-9-10-21-14(12-18)11-17-13(2)19/h14H,3-12H2,1-2H3,(H,17,19). The SMILES string of the molecule is CCC1(C(=O)N2CCOC(CNC(C)=O)C2)CCCCC1. The zero-order valence-corrected chi connectivity index (χ0v) is 13.3. The fourth-order valence-corrected chi connectivity index (χ4v) is 3.57. The van der Waals surface area contributed by atoms with Gasteiger partial charge in [-0.3, -0.25) is 9.59 Å². The lowest BCUT2D eigenvalue weighted by Crippen LogP contribution is -2.54. The number of carbonyl (C=O) groups is 2. The predicted octanol–water partition coefficient (Wildman–Crippen LogP) is 1.71. The minimum Gasteiger partial charge on any atom is -0.373 e. The van der Waals surface area contributed by atoms with Crippen molar-refractivity contribution in [1.29, 1.82) is 0 Å². The summed E-state index contributed by atoms with van der Waals surface area (Å²) in [5, 5.41) is 2.78. The maximum Gasteiger partial charge on any atom is 0.228 e. The van der Waals surface area contributed by atoms with Gasteiger partial charge >= 0.3 is 0 Å². The van der Waals surface area contributed by atoms with Crippen LogP contribution in [0.15, 0.2) is 0 Å². The zero-order valence-electron chi connectivity index (χ0n) is 13.3. The van der Waals surface area contributed by atoms with E-state index in [0.717, 1.165) is 19.3 Å². The van der Waals surface area contributed by atoms with Crippen LogP contribution in [0.5, 0.6) is 0 Å². The number of amides is 2. The van der Waals surface area contributed by atoms with Crippen LogP contribution in [0.3, 0.4) is 0 Å². The molecule has 2 aliphatic rings. The number of carbonyl (C=O) groups excluding carboxylic acids is 2. The molecule has 1 saturated carbocycles. The van der Waals surface area contributed by atoms with E-state index in [1.165, 1.54) is 26.2 Å². The fraction of sp³-hybridized carbons (Fsp3) is 0.875. The second-order valence-corrected chi connectivity index (χ2v) is 6.38. The number of morpholine rings is 1. The molecule has 2 rings (SSSR count). The largest absolute Gasteiger partial charge is 0.373 e. The van der Waals surface area contributed by atoms with Gasteiger partial charge < -0.3 is 15.0 Å². The Morgan fingerprint density at radius 3 is 2.62 bits per heavy atom. The van der Waals surface area contributed by atoms with Crippen molar-refractivity contribution >= 4 is 11.8 Å². The summed E-state index contributed by atoms with van der Waals surface area (Å²) >= 11 is 0. The molecule has 1 atom stereocenters. The quantitative estimate of drug-likeness (QED) is 0.859. The Morgan fingerprint density at radius 2 is 2.00 bits per heavy atom. The number of rotatable bonds is 4. The van der Waals surface area contributed by atoms with E-state index in [1.54, 1.807) is 0 Å². The number of nitrogens with zero attached hydrogens (tertiary/aromatic N) is 1. The number of hydrogen-bond acceptors (Lipinski definition) is 3. The molecule has 1 unspecified atom stereocenters. The highest BCUT2D eigenvalue weighted by atomic mass is 16.5. The van der Waals surface area contributed by atoms with E-state index in [4.69, 9.17) is 4.74 Å². The van der Waals surface area contributed by atoms with Gasteiger partial charge in [0, 0.05) is 32.0 Å². The monoisotopic (exact) mass is 296 g/mol. The minimum absolute atomic E-state index is 0.0561. The van der Waals surface area contributed by atoms with Crippen LogP contribution in [-0.4, -0.2) is 49.1 Å². The van der Waals surface area contributed by atoms with Gasteiger partial charge in [0.05, 0.1) is 12.7 Å². The van der Waals surface area contributed by atoms with Crippen LogP contribution < -0.4 is 5.32 Å². The molecule has 0 bridgehead atoms. The van der Waals surface area contributed by atoms with Gasteiger partial charge in [-0.1, -0.05) is 26.2 Å². The number of hydrogen-bond donors (Lipinski definition) is 1. The molecule has 0 spiro atoms. The van der Waals surface area contributed by atoms with Crippen molar-refractivity contribution in [2.75, 3.05) is 26.2 Å². The second-order valence-electron chi connectivity index (χ2n) is 6.38. The summed E-state index contributed by atoms with van der Waals surface area (Å²) in [6.45, 7) is 5.96. The third-order valence-electron chi connectivity index (χ3n) is 4.95. The molecule has 21 heavy (non-hydrogen) atoms. The van der Waals surface area contributed by atoms with Crippen LogP contribution in [0, 0.1) is 5.41 Å². The molecule has 0 aromatic rings. The van der Waals surface area contributed by atoms with Crippen molar-refractivity contribution < 1.29 is 14.3 Å². The highest BCUT2D eigenvalue weighted by Gasteiger charge is 2.41. The van der Waals surface area contributed by atoms with Gasteiger partial charge in [0.15, 0.2) is 0 Å². The van der Waals surface area contributed by atoms with Crippen molar-refractivity contribution in [2.45, 2.75) is 58.5 Å². The van der Waals surface area contributed by atoms with Gasteiger partial charge in [-0.25, -0.2) is 0 Å². The highest BCUT2D eigenvalue weighted by Crippen LogP contribution is 2.41. The number of ether oxygens (including phenoxy) is 1. The molecule has 1 heterocycles. The van der Waals surface area contributed by atoms with Crippen molar-refractivity contribution in [3.05, 3.63) is 0 Å². The van der Waals surface area contributed by atoms with Crippen LogP contribution in [-0.2, 0) is 14.3 Å². The third kappa shape index (κ3) is 3.96. The molecule has 5 nitrogen and oxygen atoms in total. The zero-order chi connectivity index (χ0) is 15.3. The molecule has 2 amide bonds. The summed E-state index contributed by atoms with van der Waals surface area (Å²) in [5.41, 5.74) is -0.145. The smallest absolute Gasteiger partial charge is 0.228 e. The normalized spacial score (nSPS) is 25.4. The summed E-state index contributed by atoms with van der Waals surface area (Å²) < 4.78 is 5.65. The van der Waals surface area contributed by atoms with Gasteiger partial charge in [0.25, 0.3) is 0 Å². The van der Waals surface area contributed by atoms with E-state index >= 15 is 0 Å². The average molecular weight is 296 g/mol. The minimum atomic E-state index is -0.145. The first kappa shape index (κ1) is 16.3. The summed E-state index contributed by atoms with van der Waals surface area (Å²) in [5.74, 6) is 0.250. The van der Waals surface area contributed by atoms with Crippen LogP contribution in [0.4, 0.5) is 0 Å². The molecule has 1 aliphatic carbocycles. The lowest BCUT2D eigenvalue weighted by molar-refractivity contribution is -0.152. The Morgan fingerprint density at radius 1 is 1.29 bits per heavy atom. The van der Waals surface area contributed by atoms with Gasteiger partial charge in [-0.15, -0.1) is 0 Å². The van der Waals surface area contributed by atoms with Crippen molar-refractivity contribution in [2.24, 2.45) is 5.41 Å². The highest BCUT2D eigenvalue weighted by molar-refractivity contribution is 5.83. The lowest BCUT2D eigenvalue weighted by Gasteiger charge is -2.42.